The van der Waals surface area contributed by atoms with Gasteiger partial charge in [-0.3, -0.25) is 4.79 Å². The molecule has 7 heteroatoms. The maximum absolute atomic E-state index is 14.0. The van der Waals surface area contributed by atoms with E-state index in [-0.39, 0.29) is 16.7 Å². The number of carbonyl (C=O) groups is 1. The predicted octanol–water partition coefficient (Wildman–Crippen LogP) is 5.97. The number of rotatable bonds is 2. The van der Waals surface area contributed by atoms with Crippen LogP contribution in [0.25, 0.3) is 21.3 Å². The van der Waals surface area contributed by atoms with E-state index < -0.39 is 5.41 Å². The molecule has 2 aliphatic carbocycles. The van der Waals surface area contributed by atoms with Gasteiger partial charge < -0.3 is 5.32 Å². The molecule has 2 aliphatic rings. The third-order valence-electron chi connectivity index (χ3n) is 7.90. The Balaban J connectivity index is 1.50. The van der Waals surface area contributed by atoms with E-state index in [1.165, 1.54) is 11.3 Å². The van der Waals surface area contributed by atoms with Gasteiger partial charge in [-0.25, -0.2) is 15.0 Å². The number of hydrogen-bond donors (Lipinski definition) is 1. The highest BCUT2D eigenvalue weighted by Gasteiger charge is 2.73. The van der Waals surface area contributed by atoms with Crippen molar-refractivity contribution in [3.05, 3.63) is 58.3 Å². The summed E-state index contributed by atoms with van der Waals surface area (Å²) in [7, 11) is 0. The zero-order valence-electron chi connectivity index (χ0n) is 17.5. The van der Waals surface area contributed by atoms with E-state index >= 15 is 0 Å². The molecule has 2 bridgehead atoms. The van der Waals surface area contributed by atoms with Gasteiger partial charge in [-0.15, -0.1) is 0 Å². The summed E-state index contributed by atoms with van der Waals surface area (Å²) in [6, 6.07) is 13.9. The highest BCUT2D eigenvalue weighted by Crippen LogP contribution is 2.70. The summed E-state index contributed by atoms with van der Waals surface area (Å²) < 4.78 is 2.04. The van der Waals surface area contributed by atoms with E-state index in [0.29, 0.717) is 5.13 Å². The third-order valence-corrected chi connectivity index (χ3v) is 9.33. The highest BCUT2D eigenvalue weighted by atomic mass is 79.9. The fourth-order valence-corrected chi connectivity index (χ4v) is 7.12. The third kappa shape index (κ3) is 2.31. The summed E-state index contributed by atoms with van der Waals surface area (Å²) >= 11 is 5.00. The Kier molecular flexibility index (Phi) is 3.80. The Labute approximate surface area is 192 Å². The van der Waals surface area contributed by atoms with Crippen LogP contribution in [0.1, 0.15) is 45.0 Å². The number of anilines is 1. The molecule has 0 aliphatic heterocycles. The fourth-order valence-electron chi connectivity index (χ4n) is 5.71. The minimum Gasteiger partial charge on any atom is -0.301 e. The molecule has 0 spiro atoms. The van der Waals surface area contributed by atoms with Gasteiger partial charge in [0.25, 0.3) is 0 Å². The van der Waals surface area contributed by atoms with E-state index in [1.54, 1.807) is 0 Å². The van der Waals surface area contributed by atoms with Crippen molar-refractivity contribution >= 4 is 59.6 Å². The lowest BCUT2D eigenvalue weighted by Crippen LogP contribution is -2.48. The van der Waals surface area contributed by atoms with Crippen LogP contribution in [0.15, 0.2) is 46.9 Å². The highest BCUT2D eigenvalue weighted by molar-refractivity contribution is 9.10. The zero-order chi connectivity index (χ0) is 21.6. The van der Waals surface area contributed by atoms with Crippen molar-refractivity contribution in [3.63, 3.8) is 0 Å². The van der Waals surface area contributed by atoms with Crippen LogP contribution < -0.4 is 5.32 Å². The number of benzene rings is 2. The molecular formula is C24H21BrN4OS. The summed E-state index contributed by atoms with van der Waals surface area (Å²) in [5, 5.41) is 3.78. The number of nitrogens with one attached hydrogen (secondary N) is 1. The van der Waals surface area contributed by atoms with Gasteiger partial charge in [0.05, 0.1) is 38.1 Å². The Morgan fingerprint density at radius 1 is 0.968 bits per heavy atom. The number of nitrogens with zero attached hydrogens (tertiary/aromatic N) is 3. The first kappa shape index (κ1) is 19.3. The number of para-hydroxylation sites is 2. The summed E-state index contributed by atoms with van der Waals surface area (Å²) in [5.41, 5.74) is 3.18. The number of amides is 1. The molecule has 2 atom stereocenters. The van der Waals surface area contributed by atoms with Gasteiger partial charge >= 0.3 is 0 Å². The summed E-state index contributed by atoms with van der Waals surface area (Å²) in [6.07, 6.45) is 1.68. The maximum atomic E-state index is 14.0. The van der Waals surface area contributed by atoms with Crippen molar-refractivity contribution in [3.8, 4) is 0 Å². The number of fused-ring (bicyclic) bond motifs is 7. The second-order valence-electron chi connectivity index (χ2n) is 9.36. The second kappa shape index (κ2) is 6.11. The molecule has 0 saturated heterocycles. The van der Waals surface area contributed by atoms with E-state index in [2.05, 4.69) is 47.0 Å². The van der Waals surface area contributed by atoms with Crippen LogP contribution in [0, 0.1) is 5.41 Å². The SMILES string of the molecule is CC12CCC(C(=O)Nc3nc4ccc(Br)cc4s3)(c3nc4ccccc4nc31)C2(C)C. The smallest absolute Gasteiger partial charge is 0.239 e. The fraction of sp³-hybridized carbons (Fsp3) is 0.333. The number of aromatic nitrogens is 3. The van der Waals surface area contributed by atoms with E-state index in [9.17, 15) is 4.79 Å². The molecule has 2 aromatic carbocycles. The number of hydrogen-bond acceptors (Lipinski definition) is 5. The first-order valence-corrected chi connectivity index (χ1v) is 12.0. The normalized spacial score (nSPS) is 25.8. The topological polar surface area (TPSA) is 67.8 Å². The Bertz CT molecular complexity index is 1410. The van der Waals surface area contributed by atoms with Crippen molar-refractivity contribution in [1.29, 1.82) is 0 Å². The van der Waals surface area contributed by atoms with Gasteiger partial charge in [-0.2, -0.15) is 0 Å². The van der Waals surface area contributed by atoms with Crippen LogP contribution in [0.2, 0.25) is 0 Å². The monoisotopic (exact) mass is 492 g/mol. The molecule has 156 valence electrons. The van der Waals surface area contributed by atoms with Crippen LogP contribution in [0.5, 0.6) is 0 Å². The van der Waals surface area contributed by atoms with Crippen LogP contribution in [-0.2, 0) is 15.6 Å². The van der Waals surface area contributed by atoms with E-state index in [0.717, 1.165) is 50.0 Å². The van der Waals surface area contributed by atoms with Crippen LogP contribution in [0.3, 0.4) is 0 Å². The van der Waals surface area contributed by atoms with Crippen molar-refractivity contribution in [1.82, 2.24) is 15.0 Å². The van der Waals surface area contributed by atoms with Gasteiger partial charge in [0, 0.05) is 9.89 Å². The first-order chi connectivity index (χ1) is 14.8. The second-order valence-corrected chi connectivity index (χ2v) is 11.3. The summed E-state index contributed by atoms with van der Waals surface area (Å²) in [6.45, 7) is 6.64. The number of carbonyl (C=O) groups excluding carboxylic acids is 1. The molecule has 1 fully saturated rings. The summed E-state index contributed by atoms with van der Waals surface area (Å²) in [5.74, 6) is -0.0253. The molecule has 6 rings (SSSR count). The molecule has 2 heterocycles. The number of thiazole rings is 1. The lowest BCUT2D eigenvalue weighted by molar-refractivity contribution is -0.125. The predicted molar refractivity (Wildman–Crippen MR) is 128 cm³/mol. The molecule has 31 heavy (non-hydrogen) atoms. The first-order valence-electron chi connectivity index (χ1n) is 10.4. The minimum atomic E-state index is -0.730. The Morgan fingerprint density at radius 3 is 2.42 bits per heavy atom. The molecule has 2 unspecified atom stereocenters. The Morgan fingerprint density at radius 2 is 1.68 bits per heavy atom. The Hall–Kier alpha value is -2.38. The van der Waals surface area contributed by atoms with Crippen LogP contribution in [0.4, 0.5) is 5.13 Å². The van der Waals surface area contributed by atoms with Crippen molar-refractivity contribution < 1.29 is 4.79 Å². The van der Waals surface area contributed by atoms with Crippen molar-refractivity contribution in [2.24, 2.45) is 5.41 Å². The molecule has 2 aromatic heterocycles. The van der Waals surface area contributed by atoms with Crippen molar-refractivity contribution in [2.45, 2.75) is 44.4 Å². The van der Waals surface area contributed by atoms with Gasteiger partial charge in [-0.05, 0) is 48.6 Å². The van der Waals surface area contributed by atoms with Crippen LogP contribution >= 0.6 is 27.3 Å². The van der Waals surface area contributed by atoms with Gasteiger partial charge in [0.1, 0.15) is 0 Å². The van der Waals surface area contributed by atoms with E-state index in [4.69, 9.17) is 9.97 Å². The lowest BCUT2D eigenvalue weighted by atomic mass is 9.63. The average molecular weight is 493 g/mol. The molecule has 4 aromatic rings. The standard InChI is InChI=1S/C24H21BrN4OS/c1-22(2)23(3)10-11-24(22,19-18(23)26-14-6-4-5-7-15(14)27-19)20(30)29-21-28-16-9-8-13(25)12-17(16)31-21/h4-9,12H,10-11H2,1-3H3,(H,28,29,30). The van der Waals surface area contributed by atoms with E-state index in [1.807, 2.05) is 42.5 Å². The van der Waals surface area contributed by atoms with Gasteiger partial charge in [0.15, 0.2) is 5.13 Å². The molecule has 0 radical (unpaired) electrons. The zero-order valence-corrected chi connectivity index (χ0v) is 19.9. The molecule has 1 amide bonds. The maximum Gasteiger partial charge on any atom is 0.239 e. The average Bonchev–Trinajstić information content (AvgIpc) is 3.27. The molecule has 1 saturated carbocycles. The molecular weight excluding hydrogens is 472 g/mol. The largest absolute Gasteiger partial charge is 0.301 e. The lowest BCUT2D eigenvalue weighted by Gasteiger charge is -2.39. The van der Waals surface area contributed by atoms with Crippen molar-refractivity contribution in [2.75, 3.05) is 5.32 Å². The quantitative estimate of drug-likeness (QED) is 0.374. The molecule has 5 nitrogen and oxygen atoms in total. The van der Waals surface area contributed by atoms with Crippen LogP contribution in [-0.4, -0.2) is 20.9 Å². The summed E-state index contributed by atoms with van der Waals surface area (Å²) in [4.78, 5) is 28.7. The molecule has 1 N–H and O–H groups in total. The minimum absolute atomic E-state index is 0.0253. The number of halogens is 1. The van der Waals surface area contributed by atoms with Gasteiger partial charge in [-0.1, -0.05) is 60.2 Å². The van der Waals surface area contributed by atoms with Gasteiger partial charge in [0.2, 0.25) is 5.91 Å².